The Morgan fingerprint density at radius 2 is 1.69 bits per heavy atom. The summed E-state index contributed by atoms with van der Waals surface area (Å²) in [6, 6.07) is 14.6. The van der Waals surface area contributed by atoms with E-state index in [-0.39, 0.29) is 17.3 Å². The van der Waals surface area contributed by atoms with E-state index in [0.717, 1.165) is 31.9 Å². The van der Waals surface area contributed by atoms with Crippen LogP contribution in [0.2, 0.25) is 15.1 Å². The van der Waals surface area contributed by atoms with Crippen LogP contribution in [0.3, 0.4) is 0 Å². The van der Waals surface area contributed by atoms with Crippen LogP contribution in [0.1, 0.15) is 27.0 Å². The molecule has 180 valence electrons. The lowest BCUT2D eigenvalue weighted by Gasteiger charge is -2.36. The number of aryl methyl sites for hydroxylation is 1. The SMILES string of the molecule is Cc1cc(O)c(CN2CCN(c3cccc(Cl)c3)CC2)c2c1C(=O)/C(=C/c1c(Cl)cccc1Cl)O2. The number of piperazine rings is 1. The summed E-state index contributed by atoms with van der Waals surface area (Å²) in [5, 5.41) is 12.4. The van der Waals surface area contributed by atoms with Crippen LogP contribution in [0.15, 0.2) is 54.3 Å². The van der Waals surface area contributed by atoms with E-state index in [2.05, 4.69) is 15.9 Å². The van der Waals surface area contributed by atoms with Gasteiger partial charge in [0, 0.05) is 59.0 Å². The summed E-state index contributed by atoms with van der Waals surface area (Å²) in [5.74, 6) is 0.402. The number of nitrogens with zero attached hydrogens (tertiary/aromatic N) is 2. The number of fused-ring (bicyclic) bond motifs is 1. The quantitative estimate of drug-likeness (QED) is 0.386. The van der Waals surface area contributed by atoms with Crippen molar-refractivity contribution in [1.29, 1.82) is 0 Å². The number of aromatic hydroxyl groups is 1. The summed E-state index contributed by atoms with van der Waals surface area (Å²) >= 11 is 18.7. The first-order valence-corrected chi connectivity index (χ1v) is 12.4. The number of anilines is 1. The molecule has 1 N–H and O–H groups in total. The second-order valence-corrected chi connectivity index (χ2v) is 9.96. The van der Waals surface area contributed by atoms with Crippen LogP contribution in [0.25, 0.3) is 6.08 Å². The van der Waals surface area contributed by atoms with E-state index in [1.165, 1.54) is 0 Å². The van der Waals surface area contributed by atoms with Crippen LogP contribution in [-0.2, 0) is 6.54 Å². The van der Waals surface area contributed by atoms with Crippen molar-refractivity contribution < 1.29 is 14.6 Å². The number of phenols is 1. The average molecular weight is 530 g/mol. The van der Waals surface area contributed by atoms with E-state index < -0.39 is 0 Å². The molecule has 0 amide bonds. The highest BCUT2D eigenvalue weighted by molar-refractivity contribution is 6.37. The lowest BCUT2D eigenvalue weighted by Crippen LogP contribution is -2.46. The number of hydrogen-bond acceptors (Lipinski definition) is 5. The number of phenolic OH excluding ortho intramolecular Hbond substituents is 1. The molecule has 5 nitrogen and oxygen atoms in total. The first-order chi connectivity index (χ1) is 16.8. The number of halogens is 3. The highest BCUT2D eigenvalue weighted by atomic mass is 35.5. The highest BCUT2D eigenvalue weighted by Crippen LogP contribution is 2.43. The first kappa shape index (κ1) is 24.0. The van der Waals surface area contributed by atoms with Crippen molar-refractivity contribution in [3.05, 3.63) is 91.6 Å². The third-order valence-corrected chi connectivity index (χ3v) is 7.32. The summed E-state index contributed by atoms with van der Waals surface area (Å²) in [7, 11) is 0. The summed E-state index contributed by atoms with van der Waals surface area (Å²) in [4.78, 5) is 17.8. The number of benzene rings is 3. The van der Waals surface area contributed by atoms with E-state index in [1.54, 1.807) is 37.3 Å². The fourth-order valence-corrected chi connectivity index (χ4v) is 5.26. The fourth-order valence-electron chi connectivity index (χ4n) is 4.57. The smallest absolute Gasteiger partial charge is 0.232 e. The molecule has 0 radical (unpaired) electrons. The van der Waals surface area contributed by atoms with Gasteiger partial charge in [-0.05, 0) is 55.0 Å². The molecule has 2 aliphatic rings. The van der Waals surface area contributed by atoms with Gasteiger partial charge in [0.2, 0.25) is 5.78 Å². The number of Topliss-reactive ketones (excluding diaryl/α,β-unsaturated/α-hetero) is 1. The summed E-state index contributed by atoms with van der Waals surface area (Å²) in [6.07, 6.45) is 1.57. The van der Waals surface area contributed by atoms with Crippen LogP contribution < -0.4 is 9.64 Å². The summed E-state index contributed by atoms with van der Waals surface area (Å²) in [5.41, 5.74) is 3.34. The van der Waals surface area contributed by atoms with E-state index in [0.29, 0.717) is 49.6 Å². The third-order valence-electron chi connectivity index (χ3n) is 6.42. The van der Waals surface area contributed by atoms with Crippen LogP contribution >= 0.6 is 34.8 Å². The van der Waals surface area contributed by atoms with Gasteiger partial charge in [0.15, 0.2) is 5.76 Å². The molecule has 0 aromatic heterocycles. The Hall–Kier alpha value is -2.70. The predicted molar refractivity (Wildman–Crippen MR) is 141 cm³/mol. The van der Waals surface area contributed by atoms with Crippen LogP contribution in [0.4, 0.5) is 5.69 Å². The van der Waals surface area contributed by atoms with Gasteiger partial charge >= 0.3 is 0 Å². The Labute approximate surface area is 219 Å². The van der Waals surface area contributed by atoms with E-state index >= 15 is 0 Å². The first-order valence-electron chi connectivity index (χ1n) is 11.3. The minimum absolute atomic E-state index is 0.114. The Morgan fingerprint density at radius 3 is 2.37 bits per heavy atom. The van der Waals surface area contributed by atoms with Crippen LogP contribution in [0.5, 0.6) is 11.5 Å². The summed E-state index contributed by atoms with van der Waals surface area (Å²) < 4.78 is 6.05. The molecule has 3 aromatic carbocycles. The zero-order valence-corrected chi connectivity index (χ0v) is 21.3. The topological polar surface area (TPSA) is 53.0 Å². The van der Waals surface area contributed by atoms with Gasteiger partial charge in [-0.1, -0.05) is 46.9 Å². The Bertz CT molecular complexity index is 1330. The number of carbonyl (C=O) groups excluding carboxylic acids is 1. The monoisotopic (exact) mass is 528 g/mol. The van der Waals surface area contributed by atoms with Crippen molar-refractivity contribution in [2.75, 3.05) is 31.1 Å². The maximum atomic E-state index is 13.2. The predicted octanol–water partition coefficient (Wildman–Crippen LogP) is 6.60. The number of rotatable bonds is 4. The van der Waals surface area contributed by atoms with E-state index in [1.807, 2.05) is 18.2 Å². The molecule has 0 unspecified atom stereocenters. The van der Waals surface area contributed by atoms with Crippen molar-refractivity contribution in [2.45, 2.75) is 13.5 Å². The zero-order chi connectivity index (χ0) is 24.7. The van der Waals surface area contributed by atoms with E-state index in [4.69, 9.17) is 39.5 Å². The zero-order valence-electron chi connectivity index (χ0n) is 19.0. The second-order valence-electron chi connectivity index (χ2n) is 8.71. The molecule has 35 heavy (non-hydrogen) atoms. The standard InChI is InChI=1S/C27H23Cl3N2O3/c1-16-12-23(33)20(15-31-8-10-32(11-9-31)18-5-2-4-17(28)13-18)27-25(16)26(34)24(35-27)14-19-21(29)6-3-7-22(19)30/h2-7,12-14,33H,8-11,15H2,1H3/b24-14-. The van der Waals surface area contributed by atoms with Gasteiger partial charge in [-0.15, -0.1) is 0 Å². The molecular formula is C27H23Cl3N2O3. The van der Waals surface area contributed by atoms with Gasteiger partial charge in [-0.2, -0.15) is 0 Å². The molecule has 0 spiro atoms. The van der Waals surface area contributed by atoms with Crippen molar-refractivity contribution in [1.82, 2.24) is 4.90 Å². The number of ketones is 1. The third kappa shape index (κ3) is 4.74. The lowest BCUT2D eigenvalue weighted by atomic mass is 9.99. The van der Waals surface area contributed by atoms with Gasteiger partial charge in [-0.3, -0.25) is 9.69 Å². The molecule has 0 aliphatic carbocycles. The van der Waals surface area contributed by atoms with Gasteiger partial charge in [0.25, 0.3) is 0 Å². The number of ether oxygens (including phenoxy) is 1. The normalized spacial score (nSPS) is 17.1. The maximum Gasteiger partial charge on any atom is 0.232 e. The highest BCUT2D eigenvalue weighted by Gasteiger charge is 2.34. The molecular weight excluding hydrogens is 507 g/mol. The van der Waals surface area contributed by atoms with Crippen molar-refractivity contribution in [3.63, 3.8) is 0 Å². The Kier molecular flexibility index (Phi) is 6.69. The van der Waals surface area contributed by atoms with Gasteiger partial charge in [0.05, 0.1) is 11.1 Å². The second kappa shape index (κ2) is 9.75. The fraction of sp³-hybridized carbons (Fsp3) is 0.222. The van der Waals surface area contributed by atoms with E-state index in [9.17, 15) is 9.90 Å². The number of allylic oxidation sites excluding steroid dienone is 1. The lowest BCUT2D eigenvalue weighted by molar-refractivity contribution is 0.101. The molecule has 1 saturated heterocycles. The largest absolute Gasteiger partial charge is 0.507 e. The van der Waals surface area contributed by atoms with Gasteiger partial charge in [-0.25, -0.2) is 0 Å². The molecule has 2 heterocycles. The van der Waals surface area contributed by atoms with Crippen molar-refractivity contribution in [3.8, 4) is 11.5 Å². The van der Waals surface area contributed by atoms with Crippen LogP contribution in [-0.4, -0.2) is 42.0 Å². The van der Waals surface area contributed by atoms with Crippen LogP contribution in [0, 0.1) is 6.92 Å². The molecule has 0 atom stereocenters. The molecule has 1 fully saturated rings. The Morgan fingerprint density at radius 1 is 1.00 bits per heavy atom. The van der Waals surface area contributed by atoms with Crippen molar-refractivity contribution >= 4 is 52.3 Å². The summed E-state index contributed by atoms with van der Waals surface area (Å²) in [6.45, 7) is 5.49. The molecule has 8 heteroatoms. The minimum Gasteiger partial charge on any atom is -0.507 e. The van der Waals surface area contributed by atoms with Crippen molar-refractivity contribution in [2.24, 2.45) is 0 Å². The molecule has 5 rings (SSSR count). The van der Waals surface area contributed by atoms with Gasteiger partial charge < -0.3 is 14.7 Å². The molecule has 2 aliphatic heterocycles. The van der Waals surface area contributed by atoms with Gasteiger partial charge in [0.1, 0.15) is 11.5 Å². The number of hydrogen-bond donors (Lipinski definition) is 1. The molecule has 3 aromatic rings. The number of carbonyl (C=O) groups is 1. The molecule has 0 bridgehead atoms. The molecule has 0 saturated carbocycles. The Balaban J connectivity index is 1.39. The minimum atomic E-state index is -0.250. The maximum absolute atomic E-state index is 13.2. The average Bonchev–Trinajstić information content (AvgIpc) is 3.16.